The maximum atomic E-state index is 4.45. The van der Waals surface area contributed by atoms with Crippen molar-refractivity contribution in [1.29, 1.82) is 0 Å². The Labute approximate surface area is 140 Å². The van der Waals surface area contributed by atoms with Gasteiger partial charge in [-0.25, -0.2) is 4.98 Å². The molecular formula is C19H21N5. The first-order valence-electron chi connectivity index (χ1n) is 8.18. The molecule has 0 saturated carbocycles. The third kappa shape index (κ3) is 2.90. The molecule has 122 valence electrons. The Hall–Kier alpha value is -2.66. The van der Waals surface area contributed by atoms with Gasteiger partial charge in [0, 0.05) is 36.6 Å². The topological polar surface area (TPSA) is 49.7 Å². The number of hydrogen-bond donors (Lipinski definition) is 1. The Kier molecular flexibility index (Phi) is 3.78. The first-order valence-corrected chi connectivity index (χ1v) is 8.18. The van der Waals surface area contributed by atoms with Gasteiger partial charge in [-0.15, -0.1) is 0 Å². The molecule has 0 unspecified atom stereocenters. The van der Waals surface area contributed by atoms with Crippen LogP contribution in [0.1, 0.15) is 5.56 Å². The van der Waals surface area contributed by atoms with E-state index in [0.717, 1.165) is 24.0 Å². The molecule has 4 aromatic rings. The van der Waals surface area contributed by atoms with Crippen LogP contribution < -0.4 is 0 Å². The standard InChI is InChI=1S/C19H21N5/c1-23(2)18(8-14-7-17-10-21-22-19(17)20-9-14)13-24-11-15-5-3-4-6-16(15)12-24/h3-7,9-12,18H,8,13H2,1-2H3,(H,20,21,22)/t18-/m0/s1. The predicted molar refractivity (Wildman–Crippen MR) is 97.0 cm³/mol. The maximum absolute atomic E-state index is 4.45. The van der Waals surface area contributed by atoms with Crippen molar-refractivity contribution in [2.45, 2.75) is 19.0 Å². The van der Waals surface area contributed by atoms with Crippen LogP contribution >= 0.6 is 0 Å². The van der Waals surface area contributed by atoms with Crippen LogP contribution in [0.2, 0.25) is 0 Å². The minimum atomic E-state index is 0.401. The molecule has 0 aliphatic rings. The molecule has 1 N–H and O–H groups in total. The van der Waals surface area contributed by atoms with Crippen molar-refractivity contribution in [1.82, 2.24) is 24.6 Å². The quantitative estimate of drug-likeness (QED) is 0.615. The second-order valence-corrected chi connectivity index (χ2v) is 6.56. The molecule has 0 radical (unpaired) electrons. The maximum Gasteiger partial charge on any atom is 0.155 e. The van der Waals surface area contributed by atoms with Crippen LogP contribution in [0.25, 0.3) is 21.8 Å². The Morgan fingerprint density at radius 2 is 1.83 bits per heavy atom. The van der Waals surface area contributed by atoms with Crippen molar-refractivity contribution in [2.75, 3.05) is 14.1 Å². The molecule has 0 amide bonds. The van der Waals surface area contributed by atoms with Gasteiger partial charge in [-0.05, 0) is 42.9 Å². The number of nitrogens with one attached hydrogen (secondary N) is 1. The largest absolute Gasteiger partial charge is 0.351 e. The average molecular weight is 319 g/mol. The van der Waals surface area contributed by atoms with E-state index in [9.17, 15) is 0 Å². The Morgan fingerprint density at radius 1 is 1.08 bits per heavy atom. The number of nitrogens with zero attached hydrogens (tertiary/aromatic N) is 4. The van der Waals surface area contributed by atoms with E-state index >= 15 is 0 Å². The van der Waals surface area contributed by atoms with E-state index < -0.39 is 0 Å². The zero-order chi connectivity index (χ0) is 16.5. The number of benzene rings is 1. The normalized spacial score (nSPS) is 13.1. The van der Waals surface area contributed by atoms with Crippen molar-refractivity contribution in [3.05, 3.63) is 60.7 Å². The van der Waals surface area contributed by atoms with Gasteiger partial charge in [0.25, 0.3) is 0 Å². The second kappa shape index (κ2) is 6.09. The number of aromatic nitrogens is 4. The SMILES string of the molecule is CN(C)[C@@H](Cc1cnc2[nH]ncc2c1)Cn1cc2ccccc2c1. The van der Waals surface area contributed by atoms with Crippen molar-refractivity contribution >= 4 is 21.8 Å². The fraction of sp³-hybridized carbons (Fsp3) is 0.263. The van der Waals surface area contributed by atoms with Crippen molar-refractivity contribution < 1.29 is 0 Å². The van der Waals surface area contributed by atoms with Crippen LogP contribution in [0.15, 0.2) is 55.1 Å². The van der Waals surface area contributed by atoms with Crippen LogP contribution in [0.4, 0.5) is 0 Å². The zero-order valence-corrected chi connectivity index (χ0v) is 14.0. The van der Waals surface area contributed by atoms with Crippen LogP contribution in [-0.4, -0.2) is 44.8 Å². The molecule has 0 fully saturated rings. The van der Waals surface area contributed by atoms with E-state index in [2.05, 4.69) is 81.5 Å². The van der Waals surface area contributed by atoms with Gasteiger partial charge >= 0.3 is 0 Å². The molecule has 0 spiro atoms. The van der Waals surface area contributed by atoms with E-state index in [1.807, 2.05) is 12.4 Å². The number of likely N-dealkylation sites (N-methyl/N-ethyl adjacent to an activating group) is 1. The van der Waals surface area contributed by atoms with Gasteiger partial charge in [0.05, 0.1) is 6.20 Å². The Balaban J connectivity index is 1.57. The highest BCUT2D eigenvalue weighted by molar-refractivity contribution is 5.82. The van der Waals surface area contributed by atoms with Crippen LogP contribution in [0.5, 0.6) is 0 Å². The molecule has 1 atom stereocenters. The second-order valence-electron chi connectivity index (χ2n) is 6.56. The number of H-pyrrole nitrogens is 1. The highest BCUT2D eigenvalue weighted by Crippen LogP contribution is 2.17. The number of fused-ring (bicyclic) bond motifs is 2. The van der Waals surface area contributed by atoms with E-state index in [1.54, 1.807) is 0 Å². The summed E-state index contributed by atoms with van der Waals surface area (Å²) in [5, 5.41) is 10.6. The summed E-state index contributed by atoms with van der Waals surface area (Å²) in [6.45, 7) is 0.950. The molecule has 5 heteroatoms. The van der Waals surface area contributed by atoms with E-state index in [-0.39, 0.29) is 0 Å². The summed E-state index contributed by atoms with van der Waals surface area (Å²) in [7, 11) is 4.27. The lowest BCUT2D eigenvalue weighted by atomic mass is 10.1. The molecular weight excluding hydrogens is 298 g/mol. The number of hydrogen-bond acceptors (Lipinski definition) is 3. The minimum Gasteiger partial charge on any atom is -0.351 e. The smallest absolute Gasteiger partial charge is 0.155 e. The first-order chi connectivity index (χ1) is 11.7. The molecule has 0 aliphatic heterocycles. The average Bonchev–Trinajstić information content (AvgIpc) is 3.19. The molecule has 24 heavy (non-hydrogen) atoms. The van der Waals surface area contributed by atoms with E-state index in [1.165, 1.54) is 16.3 Å². The molecule has 0 bridgehead atoms. The van der Waals surface area contributed by atoms with Gasteiger partial charge in [-0.3, -0.25) is 5.10 Å². The molecule has 5 nitrogen and oxygen atoms in total. The zero-order valence-electron chi connectivity index (χ0n) is 14.0. The lowest BCUT2D eigenvalue weighted by Crippen LogP contribution is -2.34. The fourth-order valence-corrected chi connectivity index (χ4v) is 3.17. The highest BCUT2D eigenvalue weighted by atomic mass is 15.1. The number of rotatable bonds is 5. The third-order valence-corrected chi connectivity index (χ3v) is 4.58. The van der Waals surface area contributed by atoms with Crippen LogP contribution in [0, 0.1) is 0 Å². The summed E-state index contributed by atoms with van der Waals surface area (Å²) in [6.07, 6.45) is 9.18. The monoisotopic (exact) mass is 319 g/mol. The Morgan fingerprint density at radius 3 is 2.54 bits per heavy atom. The van der Waals surface area contributed by atoms with Crippen molar-refractivity contribution in [2.24, 2.45) is 0 Å². The Bertz CT molecular complexity index is 929. The van der Waals surface area contributed by atoms with Crippen molar-refractivity contribution in [3.8, 4) is 0 Å². The third-order valence-electron chi connectivity index (χ3n) is 4.58. The van der Waals surface area contributed by atoms with E-state index in [0.29, 0.717) is 6.04 Å². The molecule has 3 heterocycles. The predicted octanol–water partition coefficient (Wildman–Crippen LogP) is 3.09. The summed E-state index contributed by atoms with van der Waals surface area (Å²) in [5.74, 6) is 0. The lowest BCUT2D eigenvalue weighted by molar-refractivity contribution is 0.262. The minimum absolute atomic E-state index is 0.401. The van der Waals surface area contributed by atoms with Gasteiger partial charge in [-0.2, -0.15) is 5.10 Å². The molecule has 0 saturated heterocycles. The summed E-state index contributed by atoms with van der Waals surface area (Å²) in [5.41, 5.74) is 2.08. The van der Waals surface area contributed by atoms with Crippen molar-refractivity contribution in [3.63, 3.8) is 0 Å². The van der Waals surface area contributed by atoms with Gasteiger partial charge < -0.3 is 9.47 Å². The number of aromatic amines is 1. The van der Waals surface area contributed by atoms with Gasteiger partial charge in [-0.1, -0.05) is 24.3 Å². The highest BCUT2D eigenvalue weighted by Gasteiger charge is 2.14. The van der Waals surface area contributed by atoms with Gasteiger partial charge in [0.1, 0.15) is 0 Å². The molecule has 3 aromatic heterocycles. The van der Waals surface area contributed by atoms with E-state index in [4.69, 9.17) is 0 Å². The summed E-state index contributed by atoms with van der Waals surface area (Å²) in [6, 6.07) is 11.1. The number of pyridine rings is 1. The molecule has 1 aromatic carbocycles. The van der Waals surface area contributed by atoms with Crippen LogP contribution in [0.3, 0.4) is 0 Å². The van der Waals surface area contributed by atoms with Gasteiger partial charge in [0.2, 0.25) is 0 Å². The molecule has 4 rings (SSSR count). The fourth-order valence-electron chi connectivity index (χ4n) is 3.17. The lowest BCUT2D eigenvalue weighted by Gasteiger charge is -2.25. The summed E-state index contributed by atoms with van der Waals surface area (Å²) >= 11 is 0. The molecule has 0 aliphatic carbocycles. The summed E-state index contributed by atoms with van der Waals surface area (Å²) in [4.78, 5) is 6.73. The first kappa shape index (κ1) is 14.9. The summed E-state index contributed by atoms with van der Waals surface area (Å²) < 4.78 is 2.29. The van der Waals surface area contributed by atoms with Gasteiger partial charge in [0.15, 0.2) is 5.65 Å². The van der Waals surface area contributed by atoms with Crippen LogP contribution in [-0.2, 0) is 13.0 Å².